The van der Waals surface area contributed by atoms with Gasteiger partial charge in [-0.05, 0) is 24.2 Å². The van der Waals surface area contributed by atoms with Crippen molar-refractivity contribution in [3.8, 4) is 12.3 Å². The first-order valence-corrected chi connectivity index (χ1v) is 5.73. The van der Waals surface area contributed by atoms with Gasteiger partial charge in [0.25, 0.3) is 0 Å². The first-order chi connectivity index (χ1) is 7.58. The molecule has 0 saturated heterocycles. The lowest BCUT2D eigenvalue weighted by Crippen LogP contribution is -2.23. The van der Waals surface area contributed by atoms with Crippen LogP contribution < -0.4 is 5.73 Å². The maximum Gasteiger partial charge on any atom is 0.0693 e. The highest BCUT2D eigenvalue weighted by molar-refractivity contribution is 6.38. The molecular weight excluding hydrogens is 243 g/mol. The molecule has 0 spiro atoms. The number of rotatable bonds is 4. The molecule has 16 heavy (non-hydrogen) atoms. The lowest BCUT2D eigenvalue weighted by atomic mass is 10.2. The van der Waals surface area contributed by atoms with Crippen LogP contribution in [0.2, 0.25) is 10.0 Å². The SMILES string of the molecule is C#CCN(CC)Cc1cc(Cl)c(N)c(Cl)c1. The maximum atomic E-state index is 5.95. The van der Waals surface area contributed by atoms with Crippen LogP contribution >= 0.6 is 23.2 Å². The molecule has 0 atom stereocenters. The Labute approximate surface area is 106 Å². The quantitative estimate of drug-likeness (QED) is 0.663. The highest BCUT2D eigenvalue weighted by Gasteiger charge is 2.07. The predicted octanol–water partition coefficient (Wildman–Crippen LogP) is 3.03. The molecule has 0 aliphatic carbocycles. The number of hydrogen-bond acceptors (Lipinski definition) is 2. The van der Waals surface area contributed by atoms with E-state index in [1.807, 2.05) is 12.1 Å². The average molecular weight is 257 g/mol. The number of nitrogens with two attached hydrogens (primary N) is 1. The van der Waals surface area contributed by atoms with Crippen molar-refractivity contribution >= 4 is 28.9 Å². The summed E-state index contributed by atoms with van der Waals surface area (Å²) in [6.07, 6.45) is 5.28. The minimum atomic E-state index is 0.423. The number of terminal acetylenes is 1. The van der Waals surface area contributed by atoms with Crippen LogP contribution in [-0.4, -0.2) is 18.0 Å². The number of anilines is 1. The molecule has 0 bridgehead atoms. The van der Waals surface area contributed by atoms with Crippen molar-refractivity contribution in [3.63, 3.8) is 0 Å². The van der Waals surface area contributed by atoms with Crippen molar-refractivity contribution in [1.82, 2.24) is 4.90 Å². The number of nitrogen functional groups attached to an aromatic ring is 1. The summed E-state index contributed by atoms with van der Waals surface area (Å²) in [5.74, 6) is 2.61. The van der Waals surface area contributed by atoms with Crippen LogP contribution in [0, 0.1) is 12.3 Å². The third-order valence-electron chi connectivity index (χ3n) is 2.31. The Hall–Kier alpha value is -0.880. The van der Waals surface area contributed by atoms with Gasteiger partial charge in [0, 0.05) is 6.54 Å². The molecule has 2 N–H and O–H groups in total. The van der Waals surface area contributed by atoms with Gasteiger partial charge in [0.1, 0.15) is 0 Å². The lowest BCUT2D eigenvalue weighted by Gasteiger charge is -2.18. The number of halogens is 2. The van der Waals surface area contributed by atoms with E-state index in [9.17, 15) is 0 Å². The van der Waals surface area contributed by atoms with Gasteiger partial charge in [-0.25, -0.2) is 0 Å². The topological polar surface area (TPSA) is 29.3 Å². The third kappa shape index (κ3) is 3.31. The molecule has 0 aliphatic heterocycles. The summed E-state index contributed by atoms with van der Waals surface area (Å²) in [5, 5.41) is 0.971. The molecule has 0 saturated carbocycles. The van der Waals surface area contributed by atoms with Crippen molar-refractivity contribution in [2.24, 2.45) is 0 Å². The highest BCUT2D eigenvalue weighted by atomic mass is 35.5. The number of nitrogens with zero attached hydrogens (tertiary/aromatic N) is 1. The van der Waals surface area contributed by atoms with Crippen LogP contribution in [0.3, 0.4) is 0 Å². The van der Waals surface area contributed by atoms with Crippen molar-refractivity contribution in [3.05, 3.63) is 27.7 Å². The van der Waals surface area contributed by atoms with E-state index in [4.69, 9.17) is 35.4 Å². The summed E-state index contributed by atoms with van der Waals surface area (Å²) in [6, 6.07) is 3.64. The molecule has 0 radical (unpaired) electrons. The van der Waals surface area contributed by atoms with Crippen LogP contribution in [0.25, 0.3) is 0 Å². The zero-order valence-electron chi connectivity index (χ0n) is 9.13. The molecular formula is C12H14Cl2N2. The molecule has 2 nitrogen and oxygen atoms in total. The second kappa shape index (κ2) is 6.00. The Bertz CT molecular complexity index is 387. The standard InChI is InChI=1S/C12H14Cl2N2/c1-3-5-16(4-2)8-9-6-10(13)12(15)11(14)7-9/h1,6-7H,4-5,8,15H2,2H3. The molecule has 4 heteroatoms. The second-order valence-corrected chi connectivity index (χ2v) is 4.29. The normalized spacial score (nSPS) is 10.4. The fourth-order valence-electron chi connectivity index (χ4n) is 1.39. The van der Waals surface area contributed by atoms with Crippen LogP contribution in [0.15, 0.2) is 12.1 Å². The van der Waals surface area contributed by atoms with Gasteiger partial charge in [-0.1, -0.05) is 36.0 Å². The summed E-state index contributed by atoms with van der Waals surface area (Å²) >= 11 is 11.9. The maximum absolute atomic E-state index is 5.95. The van der Waals surface area contributed by atoms with E-state index in [0.29, 0.717) is 22.3 Å². The first kappa shape index (κ1) is 13.2. The van der Waals surface area contributed by atoms with Crippen LogP contribution in [-0.2, 0) is 6.54 Å². The van der Waals surface area contributed by atoms with Crippen LogP contribution in [0.1, 0.15) is 12.5 Å². The molecule has 1 aromatic rings. The Morgan fingerprint density at radius 1 is 1.38 bits per heavy atom. The lowest BCUT2D eigenvalue weighted by molar-refractivity contribution is 0.316. The largest absolute Gasteiger partial charge is 0.396 e. The molecule has 86 valence electrons. The summed E-state index contributed by atoms with van der Waals surface area (Å²) < 4.78 is 0. The molecule has 0 aromatic heterocycles. The van der Waals surface area contributed by atoms with E-state index < -0.39 is 0 Å². The minimum absolute atomic E-state index is 0.423. The predicted molar refractivity (Wildman–Crippen MR) is 70.7 cm³/mol. The van der Waals surface area contributed by atoms with Crippen LogP contribution in [0.5, 0.6) is 0 Å². The zero-order chi connectivity index (χ0) is 12.1. The van der Waals surface area contributed by atoms with Crippen molar-refractivity contribution in [1.29, 1.82) is 0 Å². The Balaban J connectivity index is 2.85. The van der Waals surface area contributed by atoms with E-state index in [-0.39, 0.29) is 0 Å². The highest BCUT2D eigenvalue weighted by Crippen LogP contribution is 2.29. The van der Waals surface area contributed by atoms with Gasteiger partial charge in [0.15, 0.2) is 0 Å². The van der Waals surface area contributed by atoms with Gasteiger partial charge in [0.2, 0.25) is 0 Å². The monoisotopic (exact) mass is 256 g/mol. The van der Waals surface area contributed by atoms with Gasteiger partial charge in [-0.15, -0.1) is 6.42 Å². The Kier molecular flexibility index (Phi) is 4.95. The van der Waals surface area contributed by atoms with E-state index >= 15 is 0 Å². The van der Waals surface area contributed by atoms with Gasteiger partial charge >= 0.3 is 0 Å². The van der Waals surface area contributed by atoms with E-state index in [0.717, 1.165) is 18.7 Å². The summed E-state index contributed by atoms with van der Waals surface area (Å²) in [7, 11) is 0. The second-order valence-electron chi connectivity index (χ2n) is 3.48. The first-order valence-electron chi connectivity index (χ1n) is 4.97. The van der Waals surface area contributed by atoms with Crippen LogP contribution in [0.4, 0.5) is 5.69 Å². The third-order valence-corrected chi connectivity index (χ3v) is 2.93. The van der Waals surface area contributed by atoms with Crippen molar-refractivity contribution < 1.29 is 0 Å². The zero-order valence-corrected chi connectivity index (χ0v) is 10.6. The van der Waals surface area contributed by atoms with Gasteiger partial charge in [-0.2, -0.15) is 0 Å². The van der Waals surface area contributed by atoms with E-state index in [1.165, 1.54) is 0 Å². The average Bonchev–Trinajstić information content (AvgIpc) is 2.25. The molecule has 0 heterocycles. The molecule has 0 fully saturated rings. The smallest absolute Gasteiger partial charge is 0.0693 e. The summed E-state index contributed by atoms with van der Waals surface area (Å²) in [6.45, 7) is 4.26. The summed E-state index contributed by atoms with van der Waals surface area (Å²) in [4.78, 5) is 2.11. The van der Waals surface area contributed by atoms with Crippen molar-refractivity contribution in [2.75, 3.05) is 18.8 Å². The number of hydrogen-bond donors (Lipinski definition) is 1. The van der Waals surface area contributed by atoms with E-state index in [1.54, 1.807) is 0 Å². The summed E-state index contributed by atoms with van der Waals surface area (Å²) in [5.41, 5.74) is 7.10. The molecule has 0 amide bonds. The molecule has 1 rings (SSSR count). The number of benzene rings is 1. The molecule has 0 aliphatic rings. The van der Waals surface area contributed by atoms with Crippen molar-refractivity contribution in [2.45, 2.75) is 13.5 Å². The van der Waals surface area contributed by atoms with Gasteiger partial charge in [-0.3, -0.25) is 4.90 Å². The van der Waals surface area contributed by atoms with E-state index in [2.05, 4.69) is 17.7 Å². The fourth-order valence-corrected chi connectivity index (χ4v) is 1.93. The Morgan fingerprint density at radius 2 is 1.94 bits per heavy atom. The minimum Gasteiger partial charge on any atom is -0.396 e. The molecule has 0 unspecified atom stereocenters. The van der Waals surface area contributed by atoms with Gasteiger partial charge < -0.3 is 5.73 Å². The molecule has 1 aromatic carbocycles. The van der Waals surface area contributed by atoms with Gasteiger partial charge in [0.05, 0.1) is 22.3 Å². The fraction of sp³-hybridized carbons (Fsp3) is 0.333. The Morgan fingerprint density at radius 3 is 2.38 bits per heavy atom.